The third kappa shape index (κ3) is 5.49. The van der Waals surface area contributed by atoms with Crippen LogP contribution < -0.4 is 5.32 Å². The molecule has 4 nitrogen and oxygen atoms in total. The van der Waals surface area contributed by atoms with E-state index in [1.54, 1.807) is 0 Å². The number of hydrogen-bond donors (Lipinski definition) is 1. The summed E-state index contributed by atoms with van der Waals surface area (Å²) >= 11 is 0. The summed E-state index contributed by atoms with van der Waals surface area (Å²) < 4.78 is 36.9. The molecular formula is C17H18FNO3S. The van der Waals surface area contributed by atoms with Crippen LogP contribution in [-0.4, -0.2) is 20.1 Å². The van der Waals surface area contributed by atoms with Crippen LogP contribution in [0.4, 0.5) is 4.39 Å². The molecule has 0 unspecified atom stereocenters. The molecule has 0 saturated carbocycles. The zero-order valence-corrected chi connectivity index (χ0v) is 13.4. The predicted molar refractivity (Wildman–Crippen MR) is 86.0 cm³/mol. The third-order valence-corrected chi connectivity index (χ3v) is 5.14. The lowest BCUT2D eigenvalue weighted by Gasteiger charge is -2.06. The highest BCUT2D eigenvalue weighted by Gasteiger charge is 2.15. The summed E-state index contributed by atoms with van der Waals surface area (Å²) in [7, 11) is -3.49. The van der Waals surface area contributed by atoms with E-state index in [1.807, 2.05) is 30.3 Å². The maximum absolute atomic E-state index is 12.8. The number of carbonyl (C=O) groups is 1. The predicted octanol–water partition coefficient (Wildman–Crippen LogP) is 2.70. The number of nitrogens with one attached hydrogen (secondary N) is 1. The summed E-state index contributed by atoms with van der Waals surface area (Å²) in [6, 6.07) is 14.2. The van der Waals surface area contributed by atoms with Gasteiger partial charge in [0.2, 0.25) is 5.91 Å². The fourth-order valence-electron chi connectivity index (χ4n) is 2.07. The van der Waals surface area contributed by atoms with Gasteiger partial charge in [-0.2, -0.15) is 0 Å². The second-order valence-electron chi connectivity index (χ2n) is 5.14. The van der Waals surface area contributed by atoms with Crippen molar-refractivity contribution in [3.05, 3.63) is 66.0 Å². The van der Waals surface area contributed by atoms with Crippen LogP contribution in [0.2, 0.25) is 0 Å². The van der Waals surface area contributed by atoms with Gasteiger partial charge in [-0.25, -0.2) is 12.8 Å². The van der Waals surface area contributed by atoms with E-state index in [4.69, 9.17) is 0 Å². The zero-order valence-electron chi connectivity index (χ0n) is 12.5. The molecule has 23 heavy (non-hydrogen) atoms. The van der Waals surface area contributed by atoms with Crippen LogP contribution in [0, 0.1) is 5.82 Å². The van der Waals surface area contributed by atoms with E-state index in [1.165, 1.54) is 12.1 Å². The van der Waals surface area contributed by atoms with Crippen LogP contribution in [0.3, 0.4) is 0 Å². The van der Waals surface area contributed by atoms with Crippen molar-refractivity contribution in [3.63, 3.8) is 0 Å². The van der Waals surface area contributed by atoms with Gasteiger partial charge in [-0.05, 0) is 36.2 Å². The molecule has 0 fully saturated rings. The van der Waals surface area contributed by atoms with Crippen molar-refractivity contribution in [1.82, 2.24) is 5.32 Å². The molecule has 0 atom stereocenters. The summed E-state index contributed by atoms with van der Waals surface area (Å²) in [5.41, 5.74) is 0.986. The molecule has 0 aliphatic rings. The Hall–Kier alpha value is -2.21. The van der Waals surface area contributed by atoms with E-state index in [0.29, 0.717) is 6.54 Å². The highest BCUT2D eigenvalue weighted by Crippen LogP contribution is 2.13. The van der Waals surface area contributed by atoms with Gasteiger partial charge in [0.1, 0.15) is 5.82 Å². The molecule has 0 aliphatic carbocycles. The Balaban J connectivity index is 1.77. The van der Waals surface area contributed by atoms with Crippen molar-refractivity contribution in [2.24, 2.45) is 0 Å². The Morgan fingerprint density at radius 3 is 2.30 bits per heavy atom. The van der Waals surface area contributed by atoms with Crippen LogP contribution in [0.1, 0.15) is 18.4 Å². The minimum Gasteiger partial charge on any atom is -0.352 e. The number of carbonyl (C=O) groups excluding carboxylic acids is 1. The molecule has 0 spiro atoms. The fraction of sp³-hybridized carbons (Fsp3) is 0.235. The number of benzene rings is 2. The molecule has 1 amide bonds. The molecule has 2 aromatic carbocycles. The molecule has 0 aromatic heterocycles. The average molecular weight is 335 g/mol. The van der Waals surface area contributed by atoms with Crippen LogP contribution in [0.15, 0.2) is 59.5 Å². The van der Waals surface area contributed by atoms with Crippen molar-refractivity contribution >= 4 is 15.7 Å². The van der Waals surface area contributed by atoms with E-state index in [0.717, 1.165) is 17.7 Å². The largest absolute Gasteiger partial charge is 0.352 e. The van der Waals surface area contributed by atoms with Gasteiger partial charge >= 0.3 is 0 Å². The molecule has 0 bridgehead atoms. The van der Waals surface area contributed by atoms with Crippen molar-refractivity contribution in [1.29, 1.82) is 0 Å². The lowest BCUT2D eigenvalue weighted by atomic mass is 10.2. The smallest absolute Gasteiger partial charge is 0.220 e. The Labute approximate surface area is 135 Å². The molecule has 0 aliphatic heterocycles. The first-order chi connectivity index (χ1) is 11.0. The Morgan fingerprint density at radius 1 is 1.00 bits per heavy atom. The number of sulfone groups is 1. The first-order valence-corrected chi connectivity index (χ1v) is 8.91. The van der Waals surface area contributed by atoms with Crippen LogP contribution in [0.25, 0.3) is 0 Å². The van der Waals surface area contributed by atoms with E-state index in [9.17, 15) is 17.6 Å². The van der Waals surface area contributed by atoms with E-state index < -0.39 is 15.7 Å². The third-order valence-electron chi connectivity index (χ3n) is 3.32. The van der Waals surface area contributed by atoms with E-state index >= 15 is 0 Å². The zero-order chi connectivity index (χ0) is 16.7. The number of rotatable bonds is 7. The minimum absolute atomic E-state index is 0.0728. The normalized spacial score (nSPS) is 11.2. The molecule has 0 radical (unpaired) electrons. The molecule has 1 N–H and O–H groups in total. The van der Waals surface area contributed by atoms with Gasteiger partial charge in [0.05, 0.1) is 10.6 Å². The van der Waals surface area contributed by atoms with Gasteiger partial charge in [0.15, 0.2) is 9.84 Å². The van der Waals surface area contributed by atoms with Crippen molar-refractivity contribution < 1.29 is 17.6 Å². The fourth-order valence-corrected chi connectivity index (χ4v) is 3.38. The molecule has 6 heteroatoms. The number of hydrogen-bond acceptors (Lipinski definition) is 3. The van der Waals surface area contributed by atoms with Gasteiger partial charge < -0.3 is 5.32 Å². The maximum atomic E-state index is 12.8. The Morgan fingerprint density at radius 2 is 1.65 bits per heavy atom. The van der Waals surface area contributed by atoms with E-state index in [-0.39, 0.29) is 29.4 Å². The Kier molecular flexibility index (Phi) is 5.87. The van der Waals surface area contributed by atoms with E-state index in [2.05, 4.69) is 5.32 Å². The molecular weight excluding hydrogens is 317 g/mol. The molecule has 2 aromatic rings. The molecule has 0 heterocycles. The van der Waals surface area contributed by atoms with Crippen LogP contribution >= 0.6 is 0 Å². The summed E-state index contributed by atoms with van der Waals surface area (Å²) in [4.78, 5) is 11.8. The second kappa shape index (κ2) is 7.87. The van der Waals surface area contributed by atoms with Gasteiger partial charge in [-0.1, -0.05) is 30.3 Å². The highest BCUT2D eigenvalue weighted by molar-refractivity contribution is 7.91. The van der Waals surface area contributed by atoms with Gasteiger partial charge in [-0.3, -0.25) is 4.79 Å². The monoisotopic (exact) mass is 335 g/mol. The minimum atomic E-state index is -3.49. The second-order valence-corrected chi connectivity index (χ2v) is 7.25. The lowest BCUT2D eigenvalue weighted by molar-refractivity contribution is -0.121. The van der Waals surface area contributed by atoms with Gasteiger partial charge in [0, 0.05) is 13.0 Å². The van der Waals surface area contributed by atoms with Crippen molar-refractivity contribution in [2.75, 3.05) is 5.75 Å². The summed E-state index contributed by atoms with van der Waals surface area (Å²) in [6.45, 7) is 0.421. The first-order valence-electron chi connectivity index (χ1n) is 7.26. The topological polar surface area (TPSA) is 63.2 Å². The number of amides is 1. The molecule has 2 rings (SSSR count). The summed E-state index contributed by atoms with van der Waals surface area (Å²) in [5, 5.41) is 2.75. The maximum Gasteiger partial charge on any atom is 0.220 e. The lowest BCUT2D eigenvalue weighted by Crippen LogP contribution is -2.23. The standard InChI is InChI=1S/C17H18FNO3S/c18-15-8-10-16(11-9-15)23(21,22)12-4-7-17(20)19-13-14-5-2-1-3-6-14/h1-3,5-6,8-11H,4,7,12-13H2,(H,19,20). The van der Waals surface area contributed by atoms with Gasteiger partial charge in [-0.15, -0.1) is 0 Å². The van der Waals surface area contributed by atoms with Crippen molar-refractivity contribution in [2.45, 2.75) is 24.3 Å². The Bertz CT molecular complexity index is 743. The average Bonchev–Trinajstić information content (AvgIpc) is 2.54. The van der Waals surface area contributed by atoms with Crippen molar-refractivity contribution in [3.8, 4) is 0 Å². The SMILES string of the molecule is O=C(CCCS(=O)(=O)c1ccc(F)cc1)NCc1ccccc1. The van der Waals surface area contributed by atoms with Crippen LogP contribution in [0.5, 0.6) is 0 Å². The number of halogens is 1. The first kappa shape index (κ1) is 17.1. The molecule has 122 valence electrons. The summed E-state index contributed by atoms with van der Waals surface area (Å²) in [6.07, 6.45) is 0.355. The summed E-state index contributed by atoms with van der Waals surface area (Å²) in [5.74, 6) is -0.815. The highest BCUT2D eigenvalue weighted by atomic mass is 32.2. The quantitative estimate of drug-likeness (QED) is 0.791. The van der Waals surface area contributed by atoms with Gasteiger partial charge in [0.25, 0.3) is 0 Å². The van der Waals surface area contributed by atoms with Crippen LogP contribution in [-0.2, 0) is 21.2 Å². The molecule has 0 saturated heterocycles.